The molecule has 1 aromatic carbocycles. The van der Waals surface area contributed by atoms with Crippen LogP contribution in [0.3, 0.4) is 0 Å². The van der Waals surface area contributed by atoms with Crippen molar-refractivity contribution >= 4 is 15.9 Å². The van der Waals surface area contributed by atoms with Crippen LogP contribution < -0.4 is 4.74 Å². The Morgan fingerprint density at radius 1 is 1.28 bits per heavy atom. The van der Waals surface area contributed by atoms with Gasteiger partial charge in [-0.2, -0.15) is 0 Å². The first kappa shape index (κ1) is 13.1. The zero-order chi connectivity index (χ0) is 13.1. The molecule has 0 N–H and O–H groups in total. The standard InChI is InChI=1S/C14H17BrN2O/c1-10(2)18-12-6-4-11(5-7-12)8-13-14(15)16-9-17(13)3/h4-7,9-10H,8H2,1-3H3. The number of hydrogen-bond donors (Lipinski definition) is 0. The topological polar surface area (TPSA) is 27.1 Å². The Balaban J connectivity index is 2.11. The van der Waals surface area contributed by atoms with Crippen LogP contribution >= 0.6 is 15.9 Å². The van der Waals surface area contributed by atoms with Gasteiger partial charge in [-0.05, 0) is 47.5 Å². The van der Waals surface area contributed by atoms with E-state index in [9.17, 15) is 0 Å². The minimum absolute atomic E-state index is 0.210. The van der Waals surface area contributed by atoms with Crippen LogP contribution in [0.1, 0.15) is 25.1 Å². The molecule has 2 aromatic rings. The summed E-state index contributed by atoms with van der Waals surface area (Å²) in [6.45, 7) is 4.06. The number of benzene rings is 1. The first-order valence-corrected chi connectivity index (χ1v) is 6.77. The van der Waals surface area contributed by atoms with E-state index in [4.69, 9.17) is 4.74 Å². The van der Waals surface area contributed by atoms with Gasteiger partial charge in [0.15, 0.2) is 0 Å². The van der Waals surface area contributed by atoms with Crippen LogP contribution in [0.5, 0.6) is 5.75 Å². The molecule has 0 aliphatic carbocycles. The SMILES string of the molecule is CC(C)Oc1ccc(Cc2c(Br)ncn2C)cc1. The zero-order valence-corrected chi connectivity index (χ0v) is 12.4. The molecule has 0 saturated carbocycles. The van der Waals surface area contributed by atoms with Crippen LogP contribution in [-0.2, 0) is 13.5 Å². The third-order valence-corrected chi connectivity index (χ3v) is 3.34. The van der Waals surface area contributed by atoms with Crippen molar-refractivity contribution in [3.63, 3.8) is 0 Å². The number of imidazole rings is 1. The molecule has 0 bridgehead atoms. The van der Waals surface area contributed by atoms with Gasteiger partial charge in [0.1, 0.15) is 10.4 Å². The van der Waals surface area contributed by atoms with E-state index in [2.05, 4.69) is 33.0 Å². The van der Waals surface area contributed by atoms with Gasteiger partial charge in [0.2, 0.25) is 0 Å². The van der Waals surface area contributed by atoms with Crippen molar-refractivity contribution in [2.24, 2.45) is 7.05 Å². The fourth-order valence-corrected chi connectivity index (χ4v) is 2.29. The number of aryl methyl sites for hydroxylation is 1. The molecule has 96 valence electrons. The van der Waals surface area contributed by atoms with Crippen LogP contribution in [0, 0.1) is 0 Å². The molecule has 0 radical (unpaired) electrons. The molecule has 0 atom stereocenters. The van der Waals surface area contributed by atoms with E-state index >= 15 is 0 Å². The maximum Gasteiger partial charge on any atom is 0.127 e. The van der Waals surface area contributed by atoms with E-state index in [-0.39, 0.29) is 6.10 Å². The van der Waals surface area contributed by atoms with E-state index in [0.29, 0.717) is 0 Å². The van der Waals surface area contributed by atoms with Crippen LogP contribution in [0.25, 0.3) is 0 Å². The third-order valence-electron chi connectivity index (χ3n) is 2.67. The van der Waals surface area contributed by atoms with Gasteiger partial charge < -0.3 is 9.30 Å². The van der Waals surface area contributed by atoms with Gasteiger partial charge in [-0.25, -0.2) is 4.98 Å². The second-order valence-corrected chi connectivity index (χ2v) is 5.33. The lowest BCUT2D eigenvalue weighted by molar-refractivity contribution is 0.242. The number of nitrogens with zero attached hydrogens (tertiary/aromatic N) is 2. The molecule has 18 heavy (non-hydrogen) atoms. The summed E-state index contributed by atoms with van der Waals surface area (Å²) in [5.74, 6) is 0.915. The van der Waals surface area contributed by atoms with Crippen molar-refractivity contribution in [3.8, 4) is 5.75 Å². The summed E-state index contributed by atoms with van der Waals surface area (Å²) in [7, 11) is 2.00. The Labute approximate surface area is 116 Å². The molecule has 2 rings (SSSR count). The molecule has 1 heterocycles. The number of ether oxygens (including phenoxy) is 1. The van der Waals surface area contributed by atoms with Gasteiger partial charge in [-0.1, -0.05) is 12.1 Å². The molecule has 0 amide bonds. The Bertz CT molecular complexity index is 498. The van der Waals surface area contributed by atoms with Crippen LogP contribution in [0.4, 0.5) is 0 Å². The summed E-state index contributed by atoms with van der Waals surface area (Å²) in [6, 6.07) is 8.22. The molecule has 0 unspecified atom stereocenters. The zero-order valence-electron chi connectivity index (χ0n) is 10.9. The number of halogens is 1. The van der Waals surface area contributed by atoms with Crippen LogP contribution in [-0.4, -0.2) is 15.7 Å². The fourth-order valence-electron chi connectivity index (χ4n) is 1.78. The van der Waals surface area contributed by atoms with E-state index < -0.39 is 0 Å². The highest BCUT2D eigenvalue weighted by Gasteiger charge is 2.07. The average Bonchev–Trinajstić information content (AvgIpc) is 2.63. The highest BCUT2D eigenvalue weighted by atomic mass is 79.9. The Hall–Kier alpha value is -1.29. The van der Waals surface area contributed by atoms with Crippen molar-refractivity contribution in [2.45, 2.75) is 26.4 Å². The summed E-state index contributed by atoms with van der Waals surface area (Å²) in [6.07, 6.45) is 2.89. The molecule has 0 aliphatic heterocycles. The Morgan fingerprint density at radius 3 is 2.44 bits per heavy atom. The second-order valence-electron chi connectivity index (χ2n) is 4.58. The normalized spacial score (nSPS) is 10.9. The van der Waals surface area contributed by atoms with Crippen molar-refractivity contribution in [3.05, 3.63) is 46.5 Å². The van der Waals surface area contributed by atoms with Crippen LogP contribution in [0.2, 0.25) is 0 Å². The smallest absolute Gasteiger partial charge is 0.127 e. The Kier molecular flexibility index (Phi) is 4.07. The number of hydrogen-bond acceptors (Lipinski definition) is 2. The van der Waals surface area contributed by atoms with Gasteiger partial charge in [0.25, 0.3) is 0 Å². The highest BCUT2D eigenvalue weighted by Crippen LogP contribution is 2.20. The molecule has 3 nitrogen and oxygen atoms in total. The van der Waals surface area contributed by atoms with E-state index in [1.165, 1.54) is 11.3 Å². The van der Waals surface area contributed by atoms with Crippen molar-refractivity contribution < 1.29 is 4.74 Å². The first-order chi connectivity index (χ1) is 8.56. The number of rotatable bonds is 4. The third kappa shape index (κ3) is 3.13. The monoisotopic (exact) mass is 308 g/mol. The summed E-state index contributed by atoms with van der Waals surface area (Å²) < 4.78 is 8.57. The van der Waals surface area contributed by atoms with E-state index in [1.54, 1.807) is 0 Å². The molecule has 0 aliphatic rings. The second kappa shape index (κ2) is 5.57. The molecule has 0 fully saturated rings. The van der Waals surface area contributed by atoms with Gasteiger partial charge in [-0.3, -0.25) is 0 Å². The molecule has 4 heteroatoms. The lowest BCUT2D eigenvalue weighted by Crippen LogP contribution is -2.05. The lowest BCUT2D eigenvalue weighted by atomic mass is 10.1. The molecular weight excluding hydrogens is 292 g/mol. The first-order valence-electron chi connectivity index (χ1n) is 5.97. The molecule has 0 saturated heterocycles. The quantitative estimate of drug-likeness (QED) is 0.863. The lowest BCUT2D eigenvalue weighted by Gasteiger charge is -2.10. The van der Waals surface area contributed by atoms with Crippen LogP contribution in [0.15, 0.2) is 35.2 Å². The van der Waals surface area contributed by atoms with E-state index in [1.807, 2.05) is 43.9 Å². The van der Waals surface area contributed by atoms with Gasteiger partial charge in [-0.15, -0.1) is 0 Å². The maximum absolute atomic E-state index is 5.63. The molecule has 1 aromatic heterocycles. The largest absolute Gasteiger partial charge is 0.491 e. The van der Waals surface area contributed by atoms with Gasteiger partial charge in [0, 0.05) is 13.5 Å². The van der Waals surface area contributed by atoms with Gasteiger partial charge in [0.05, 0.1) is 18.1 Å². The summed E-state index contributed by atoms with van der Waals surface area (Å²) in [4.78, 5) is 4.22. The average molecular weight is 309 g/mol. The van der Waals surface area contributed by atoms with Crippen molar-refractivity contribution in [1.29, 1.82) is 0 Å². The fraction of sp³-hybridized carbons (Fsp3) is 0.357. The molecular formula is C14H17BrN2O. The summed E-state index contributed by atoms with van der Waals surface area (Å²) in [5.41, 5.74) is 2.42. The predicted molar refractivity (Wildman–Crippen MR) is 75.9 cm³/mol. The van der Waals surface area contributed by atoms with Gasteiger partial charge >= 0.3 is 0 Å². The minimum Gasteiger partial charge on any atom is -0.491 e. The minimum atomic E-state index is 0.210. The summed E-state index contributed by atoms with van der Waals surface area (Å²) in [5, 5.41) is 0. The number of aromatic nitrogens is 2. The van der Waals surface area contributed by atoms with E-state index in [0.717, 1.165) is 16.8 Å². The highest BCUT2D eigenvalue weighted by molar-refractivity contribution is 9.10. The van der Waals surface area contributed by atoms with Crippen molar-refractivity contribution in [1.82, 2.24) is 9.55 Å². The Morgan fingerprint density at radius 2 is 1.94 bits per heavy atom. The molecule has 0 spiro atoms. The predicted octanol–water partition coefficient (Wildman–Crippen LogP) is 3.56. The maximum atomic E-state index is 5.63. The van der Waals surface area contributed by atoms with Crippen molar-refractivity contribution in [2.75, 3.05) is 0 Å². The summed E-state index contributed by atoms with van der Waals surface area (Å²) >= 11 is 3.47.